The molecule has 0 saturated heterocycles. The molecule has 4 rings (SSSR count). The van der Waals surface area contributed by atoms with Crippen molar-refractivity contribution in [1.82, 2.24) is 19.7 Å². The Morgan fingerprint density at radius 3 is 2.48 bits per heavy atom. The highest BCUT2D eigenvalue weighted by Gasteiger charge is 2.16. The summed E-state index contributed by atoms with van der Waals surface area (Å²) in [5, 5.41) is 5.18. The van der Waals surface area contributed by atoms with E-state index in [1.54, 1.807) is 17.1 Å². The van der Waals surface area contributed by atoms with Gasteiger partial charge >= 0.3 is 5.63 Å². The van der Waals surface area contributed by atoms with E-state index in [0.717, 1.165) is 22.2 Å². The van der Waals surface area contributed by atoms with Crippen molar-refractivity contribution in [1.29, 1.82) is 0 Å². The van der Waals surface area contributed by atoms with Gasteiger partial charge in [0.2, 0.25) is 0 Å². The van der Waals surface area contributed by atoms with E-state index in [9.17, 15) is 4.79 Å². The summed E-state index contributed by atoms with van der Waals surface area (Å²) in [6, 6.07) is 14.3. The lowest BCUT2D eigenvalue weighted by molar-refractivity contribution is 0.253. The minimum Gasteiger partial charge on any atom is -0.423 e. The number of aryl methyl sites for hydroxylation is 1. The molecule has 6 nitrogen and oxygen atoms in total. The molecule has 0 aliphatic carbocycles. The van der Waals surface area contributed by atoms with Crippen molar-refractivity contribution in [2.45, 2.75) is 46.2 Å². The predicted octanol–water partition coefficient (Wildman–Crippen LogP) is 5.00. The van der Waals surface area contributed by atoms with E-state index in [1.807, 2.05) is 18.2 Å². The first-order valence-corrected chi connectivity index (χ1v) is 10.6. The van der Waals surface area contributed by atoms with E-state index in [-0.39, 0.29) is 11.7 Å². The molecule has 2 heterocycles. The minimum absolute atomic E-state index is 0.169. The molecule has 6 heteroatoms. The quantitative estimate of drug-likeness (QED) is 0.414. The van der Waals surface area contributed by atoms with Crippen molar-refractivity contribution in [2.24, 2.45) is 0 Å². The number of hydrogen-bond acceptors (Lipinski definition) is 5. The molecule has 1 unspecified atom stereocenters. The highest BCUT2D eigenvalue weighted by atomic mass is 16.4. The van der Waals surface area contributed by atoms with Gasteiger partial charge in [-0.2, -0.15) is 5.10 Å². The molecule has 0 saturated carbocycles. The zero-order valence-electron chi connectivity index (χ0n) is 18.7. The molecule has 0 aliphatic rings. The van der Waals surface area contributed by atoms with Gasteiger partial charge in [-0.25, -0.2) is 14.5 Å². The summed E-state index contributed by atoms with van der Waals surface area (Å²) in [6.45, 7) is 9.25. The Labute approximate surface area is 182 Å². The van der Waals surface area contributed by atoms with Crippen LogP contribution in [0.1, 0.15) is 55.0 Å². The Morgan fingerprint density at radius 1 is 1.10 bits per heavy atom. The molecule has 0 N–H and O–H groups in total. The molecule has 2 aromatic carbocycles. The summed E-state index contributed by atoms with van der Waals surface area (Å²) in [5.74, 6) is 0.407. The largest absolute Gasteiger partial charge is 0.423 e. The molecule has 0 bridgehead atoms. The first-order valence-electron chi connectivity index (χ1n) is 10.6. The van der Waals surface area contributed by atoms with Crippen LogP contribution >= 0.6 is 0 Å². The lowest BCUT2D eigenvalue weighted by Gasteiger charge is -2.26. The highest BCUT2D eigenvalue weighted by molar-refractivity contribution is 5.82. The van der Waals surface area contributed by atoms with E-state index >= 15 is 0 Å². The SMILES string of the molecule is Cc1cc2oc(=O)cc(CN(C)C(C)c3ccc(-n4cncn4)cc3)c2cc1C(C)C. The van der Waals surface area contributed by atoms with Gasteiger partial charge < -0.3 is 4.42 Å². The highest BCUT2D eigenvalue weighted by Crippen LogP contribution is 2.29. The summed E-state index contributed by atoms with van der Waals surface area (Å²) in [4.78, 5) is 18.4. The second-order valence-electron chi connectivity index (χ2n) is 8.47. The van der Waals surface area contributed by atoms with Crippen LogP contribution < -0.4 is 5.63 Å². The molecule has 0 radical (unpaired) electrons. The number of hydrogen-bond donors (Lipinski definition) is 0. The molecule has 4 aromatic rings. The third-order valence-electron chi connectivity index (χ3n) is 5.98. The second-order valence-corrected chi connectivity index (χ2v) is 8.47. The molecule has 0 fully saturated rings. The van der Waals surface area contributed by atoms with Gasteiger partial charge in [0.15, 0.2) is 0 Å². The molecule has 0 amide bonds. The van der Waals surface area contributed by atoms with E-state index < -0.39 is 0 Å². The summed E-state index contributed by atoms with van der Waals surface area (Å²) in [6.07, 6.45) is 3.21. The number of rotatable bonds is 6. The van der Waals surface area contributed by atoms with Crippen LogP contribution in [-0.4, -0.2) is 26.7 Å². The summed E-state index contributed by atoms with van der Waals surface area (Å²) < 4.78 is 7.24. The maximum Gasteiger partial charge on any atom is 0.336 e. The Morgan fingerprint density at radius 2 is 1.84 bits per heavy atom. The maximum atomic E-state index is 12.2. The maximum absolute atomic E-state index is 12.2. The Kier molecular flexibility index (Phi) is 5.74. The molecule has 2 aromatic heterocycles. The lowest BCUT2D eigenvalue weighted by Crippen LogP contribution is -2.22. The standard InChI is InChI=1S/C25H28N4O2/c1-16(2)22-12-23-20(11-25(30)31-24(23)10-17(22)3)13-28(5)18(4)19-6-8-21(9-7-19)29-15-26-14-27-29/h6-12,14-16,18H,13H2,1-5H3. The first kappa shape index (κ1) is 21.0. The van der Waals surface area contributed by atoms with Gasteiger partial charge in [0.05, 0.1) is 5.69 Å². The van der Waals surface area contributed by atoms with Crippen molar-refractivity contribution >= 4 is 11.0 Å². The fraction of sp³-hybridized carbons (Fsp3) is 0.320. The summed E-state index contributed by atoms with van der Waals surface area (Å²) in [7, 11) is 2.08. The van der Waals surface area contributed by atoms with Gasteiger partial charge in [0.25, 0.3) is 0 Å². The smallest absolute Gasteiger partial charge is 0.336 e. The van der Waals surface area contributed by atoms with Gasteiger partial charge in [0.1, 0.15) is 18.2 Å². The summed E-state index contributed by atoms with van der Waals surface area (Å²) >= 11 is 0. The van der Waals surface area contributed by atoms with Gasteiger partial charge in [-0.3, -0.25) is 4.90 Å². The second kappa shape index (κ2) is 8.47. The number of benzene rings is 2. The van der Waals surface area contributed by atoms with Crippen molar-refractivity contribution in [3.05, 3.63) is 87.8 Å². The zero-order valence-corrected chi connectivity index (χ0v) is 18.7. The van der Waals surface area contributed by atoms with Crippen molar-refractivity contribution in [3.8, 4) is 5.69 Å². The van der Waals surface area contributed by atoms with Gasteiger partial charge in [-0.05, 0) is 73.3 Å². The molecular weight excluding hydrogens is 388 g/mol. The van der Waals surface area contributed by atoms with Gasteiger partial charge in [0, 0.05) is 24.0 Å². The normalized spacial score (nSPS) is 12.7. The fourth-order valence-electron chi connectivity index (χ4n) is 4.05. The minimum atomic E-state index is -0.308. The van der Waals surface area contributed by atoms with E-state index in [0.29, 0.717) is 18.0 Å². The molecule has 0 aliphatic heterocycles. The van der Waals surface area contributed by atoms with Crippen LogP contribution in [0.2, 0.25) is 0 Å². The Balaban J connectivity index is 1.62. The van der Waals surface area contributed by atoms with Crippen LogP contribution in [0.5, 0.6) is 0 Å². The average Bonchev–Trinajstić information content (AvgIpc) is 3.27. The van der Waals surface area contributed by atoms with Crippen molar-refractivity contribution in [2.75, 3.05) is 7.05 Å². The van der Waals surface area contributed by atoms with E-state index in [4.69, 9.17) is 4.42 Å². The summed E-state index contributed by atoms with van der Waals surface area (Å²) in [5.41, 5.74) is 5.93. The average molecular weight is 417 g/mol. The van der Waals surface area contributed by atoms with Crippen molar-refractivity contribution < 1.29 is 4.42 Å². The number of aromatic nitrogens is 3. The first-order chi connectivity index (χ1) is 14.8. The third-order valence-corrected chi connectivity index (χ3v) is 5.98. The Hall–Kier alpha value is -3.25. The lowest BCUT2D eigenvalue weighted by atomic mass is 9.94. The van der Waals surface area contributed by atoms with E-state index in [2.05, 4.69) is 67.9 Å². The molecular formula is C25H28N4O2. The van der Waals surface area contributed by atoms with Crippen LogP contribution in [0.25, 0.3) is 16.7 Å². The molecule has 1 atom stereocenters. The monoisotopic (exact) mass is 416 g/mol. The van der Waals surface area contributed by atoms with Crippen LogP contribution in [0.3, 0.4) is 0 Å². The van der Waals surface area contributed by atoms with Crippen LogP contribution in [0.4, 0.5) is 0 Å². The molecule has 31 heavy (non-hydrogen) atoms. The third kappa shape index (κ3) is 4.30. The molecule has 160 valence electrons. The fourth-order valence-corrected chi connectivity index (χ4v) is 4.05. The van der Waals surface area contributed by atoms with Crippen LogP contribution in [0, 0.1) is 6.92 Å². The predicted molar refractivity (Wildman–Crippen MR) is 123 cm³/mol. The van der Waals surface area contributed by atoms with Crippen molar-refractivity contribution in [3.63, 3.8) is 0 Å². The topological polar surface area (TPSA) is 64.2 Å². The van der Waals surface area contributed by atoms with Gasteiger partial charge in [-0.1, -0.05) is 26.0 Å². The molecule has 0 spiro atoms. The van der Waals surface area contributed by atoms with E-state index in [1.165, 1.54) is 17.5 Å². The van der Waals surface area contributed by atoms with Crippen LogP contribution in [0.15, 0.2) is 64.3 Å². The Bertz CT molecular complexity index is 1240. The number of nitrogens with zero attached hydrogens (tertiary/aromatic N) is 4. The zero-order chi connectivity index (χ0) is 22.1. The van der Waals surface area contributed by atoms with Gasteiger partial charge in [-0.15, -0.1) is 0 Å². The van der Waals surface area contributed by atoms with Crippen LogP contribution in [-0.2, 0) is 6.54 Å². The number of fused-ring (bicyclic) bond motifs is 1.